The van der Waals surface area contributed by atoms with Crippen LogP contribution in [0.25, 0.3) is 0 Å². The minimum absolute atomic E-state index is 0.000969. The zero-order valence-electron chi connectivity index (χ0n) is 20.7. The van der Waals surface area contributed by atoms with Crippen LogP contribution < -0.4 is 10.1 Å². The Balaban J connectivity index is 1.79. The van der Waals surface area contributed by atoms with E-state index in [1.165, 1.54) is 42.8 Å². The molecule has 0 saturated carbocycles. The highest BCUT2D eigenvalue weighted by Gasteiger charge is 2.33. The molecule has 2 aromatic carbocycles. The number of sulfonamides is 1. The highest BCUT2D eigenvalue weighted by atomic mass is 32.2. The standard InChI is InChI=1S/C25H30N2O8S/c1-5-35-22-9-8-21(11-16(22)2)36(31,32)27-10-6-7-17(15-27)23(28)26-20-13-18(24(29)33-3)12-19(14-20)25(30)34-4/h8-9,11-14,17H,5-7,10,15H2,1-4H3,(H,26,28)/t17-/m1/s1. The number of anilines is 1. The molecule has 0 unspecified atom stereocenters. The van der Waals surface area contributed by atoms with Crippen molar-refractivity contribution in [3.05, 3.63) is 53.1 Å². The fourth-order valence-electron chi connectivity index (χ4n) is 4.04. The van der Waals surface area contributed by atoms with Crippen molar-refractivity contribution in [2.75, 3.05) is 39.2 Å². The summed E-state index contributed by atoms with van der Waals surface area (Å²) in [7, 11) is -1.42. The van der Waals surface area contributed by atoms with Crippen molar-refractivity contribution in [3.8, 4) is 5.75 Å². The Morgan fingerprint density at radius 2 is 1.67 bits per heavy atom. The fourth-order valence-corrected chi connectivity index (χ4v) is 5.65. The number of nitrogens with one attached hydrogen (secondary N) is 1. The molecule has 1 heterocycles. The average molecular weight is 519 g/mol. The zero-order chi connectivity index (χ0) is 26.5. The number of carbonyl (C=O) groups excluding carboxylic acids is 3. The number of benzene rings is 2. The van der Waals surface area contributed by atoms with E-state index in [4.69, 9.17) is 14.2 Å². The Morgan fingerprint density at radius 1 is 1.03 bits per heavy atom. The molecule has 1 aliphatic rings. The average Bonchev–Trinajstić information content (AvgIpc) is 2.88. The predicted octanol–water partition coefficient (Wildman–Crippen LogP) is 3.01. The zero-order valence-corrected chi connectivity index (χ0v) is 21.5. The van der Waals surface area contributed by atoms with Crippen LogP contribution in [0.3, 0.4) is 0 Å². The molecule has 0 bridgehead atoms. The molecule has 36 heavy (non-hydrogen) atoms. The van der Waals surface area contributed by atoms with Crippen molar-refractivity contribution in [1.29, 1.82) is 0 Å². The third-order valence-corrected chi connectivity index (χ3v) is 7.74. The van der Waals surface area contributed by atoms with E-state index in [0.29, 0.717) is 37.3 Å². The summed E-state index contributed by atoms with van der Waals surface area (Å²) in [5.74, 6) is -1.79. The molecule has 1 N–H and O–H groups in total. The van der Waals surface area contributed by atoms with Crippen molar-refractivity contribution in [3.63, 3.8) is 0 Å². The van der Waals surface area contributed by atoms with Gasteiger partial charge < -0.3 is 19.5 Å². The molecule has 0 aliphatic carbocycles. The van der Waals surface area contributed by atoms with E-state index in [9.17, 15) is 22.8 Å². The van der Waals surface area contributed by atoms with Crippen LogP contribution in [-0.2, 0) is 24.3 Å². The van der Waals surface area contributed by atoms with E-state index in [-0.39, 0.29) is 28.3 Å². The first-order chi connectivity index (χ1) is 17.1. The molecule has 0 radical (unpaired) electrons. The van der Waals surface area contributed by atoms with Gasteiger partial charge in [-0.2, -0.15) is 4.31 Å². The van der Waals surface area contributed by atoms with Crippen molar-refractivity contribution >= 4 is 33.6 Å². The van der Waals surface area contributed by atoms with Crippen molar-refractivity contribution in [2.45, 2.75) is 31.6 Å². The lowest BCUT2D eigenvalue weighted by molar-refractivity contribution is -0.120. The summed E-state index contributed by atoms with van der Waals surface area (Å²) in [6.07, 6.45) is 0.990. The van der Waals surface area contributed by atoms with Crippen LogP contribution in [0.1, 0.15) is 46.0 Å². The summed E-state index contributed by atoms with van der Waals surface area (Å²) in [6.45, 7) is 4.40. The molecule has 194 valence electrons. The Labute approximate surface area is 210 Å². The van der Waals surface area contributed by atoms with Crippen LogP contribution >= 0.6 is 0 Å². The molecule has 1 aliphatic heterocycles. The van der Waals surface area contributed by atoms with E-state index in [1.54, 1.807) is 19.1 Å². The van der Waals surface area contributed by atoms with E-state index in [0.717, 1.165) is 0 Å². The van der Waals surface area contributed by atoms with Crippen LogP contribution in [0.2, 0.25) is 0 Å². The second-order valence-electron chi connectivity index (χ2n) is 8.33. The molecular formula is C25H30N2O8S. The van der Waals surface area contributed by atoms with Gasteiger partial charge in [-0.15, -0.1) is 0 Å². The summed E-state index contributed by atoms with van der Waals surface area (Å²) < 4.78 is 42.8. The predicted molar refractivity (Wildman–Crippen MR) is 132 cm³/mol. The van der Waals surface area contributed by atoms with Gasteiger partial charge in [0.25, 0.3) is 0 Å². The minimum Gasteiger partial charge on any atom is -0.494 e. The summed E-state index contributed by atoms with van der Waals surface area (Å²) in [5.41, 5.74) is 1.03. The monoisotopic (exact) mass is 518 g/mol. The smallest absolute Gasteiger partial charge is 0.337 e. The highest BCUT2D eigenvalue weighted by Crippen LogP contribution is 2.28. The molecule has 0 aromatic heterocycles. The van der Waals surface area contributed by atoms with E-state index < -0.39 is 33.8 Å². The number of methoxy groups -OCH3 is 2. The number of carbonyl (C=O) groups is 3. The first-order valence-electron chi connectivity index (χ1n) is 11.5. The van der Waals surface area contributed by atoms with Gasteiger partial charge in [-0.25, -0.2) is 18.0 Å². The number of ether oxygens (including phenoxy) is 3. The first kappa shape index (κ1) is 27.2. The molecule has 0 spiro atoms. The van der Waals surface area contributed by atoms with Gasteiger partial charge in [0.05, 0.1) is 42.8 Å². The molecule has 1 saturated heterocycles. The summed E-state index contributed by atoms with van der Waals surface area (Å²) in [6, 6.07) is 8.78. The van der Waals surface area contributed by atoms with Gasteiger partial charge >= 0.3 is 11.9 Å². The van der Waals surface area contributed by atoms with Gasteiger partial charge in [-0.05, 0) is 68.7 Å². The number of amides is 1. The molecule has 10 nitrogen and oxygen atoms in total. The van der Waals surface area contributed by atoms with Crippen LogP contribution in [-0.4, -0.2) is 64.5 Å². The van der Waals surface area contributed by atoms with Gasteiger partial charge in [0.15, 0.2) is 0 Å². The number of hydrogen-bond acceptors (Lipinski definition) is 8. The Bertz CT molecular complexity index is 1220. The number of piperidine rings is 1. The quantitative estimate of drug-likeness (QED) is 0.528. The van der Waals surface area contributed by atoms with E-state index in [2.05, 4.69) is 5.32 Å². The molecule has 11 heteroatoms. The summed E-state index contributed by atoms with van der Waals surface area (Å²) in [5, 5.41) is 2.70. The van der Waals surface area contributed by atoms with Crippen LogP contribution in [0.4, 0.5) is 5.69 Å². The second kappa shape index (κ2) is 11.5. The molecular weight excluding hydrogens is 488 g/mol. The summed E-state index contributed by atoms with van der Waals surface area (Å²) >= 11 is 0. The Kier molecular flexibility index (Phi) is 8.70. The van der Waals surface area contributed by atoms with Gasteiger partial charge in [-0.1, -0.05) is 0 Å². The molecule has 2 aromatic rings. The maximum Gasteiger partial charge on any atom is 0.337 e. The lowest BCUT2D eigenvalue weighted by atomic mass is 9.98. The summed E-state index contributed by atoms with van der Waals surface area (Å²) in [4.78, 5) is 37.2. The number of rotatable bonds is 8. The minimum atomic E-state index is -3.82. The number of aryl methyl sites for hydroxylation is 1. The Hall–Kier alpha value is -3.44. The van der Waals surface area contributed by atoms with Gasteiger partial charge in [0, 0.05) is 18.8 Å². The lowest BCUT2D eigenvalue weighted by Gasteiger charge is -2.31. The molecule has 1 atom stereocenters. The SMILES string of the molecule is CCOc1ccc(S(=O)(=O)N2CCC[C@@H](C(=O)Nc3cc(C(=O)OC)cc(C(=O)OC)c3)C2)cc1C. The topological polar surface area (TPSA) is 128 Å². The normalized spacial score (nSPS) is 16.2. The number of nitrogens with zero attached hydrogens (tertiary/aromatic N) is 1. The van der Waals surface area contributed by atoms with Crippen LogP contribution in [0, 0.1) is 12.8 Å². The van der Waals surface area contributed by atoms with Crippen molar-refractivity contribution in [1.82, 2.24) is 4.31 Å². The van der Waals surface area contributed by atoms with Crippen molar-refractivity contribution in [2.24, 2.45) is 5.92 Å². The van der Waals surface area contributed by atoms with E-state index in [1.807, 2.05) is 6.92 Å². The third kappa shape index (κ3) is 6.03. The third-order valence-electron chi connectivity index (χ3n) is 5.88. The molecule has 3 rings (SSSR count). The van der Waals surface area contributed by atoms with E-state index >= 15 is 0 Å². The first-order valence-corrected chi connectivity index (χ1v) is 12.9. The highest BCUT2D eigenvalue weighted by molar-refractivity contribution is 7.89. The van der Waals surface area contributed by atoms with Crippen LogP contribution in [0.5, 0.6) is 5.75 Å². The number of esters is 2. The van der Waals surface area contributed by atoms with Gasteiger partial charge in [-0.3, -0.25) is 4.79 Å². The number of hydrogen-bond donors (Lipinski definition) is 1. The van der Waals surface area contributed by atoms with Gasteiger partial charge in [0.2, 0.25) is 15.9 Å². The van der Waals surface area contributed by atoms with Gasteiger partial charge in [0.1, 0.15) is 5.75 Å². The lowest BCUT2D eigenvalue weighted by Crippen LogP contribution is -2.43. The largest absolute Gasteiger partial charge is 0.494 e. The fraction of sp³-hybridized carbons (Fsp3) is 0.400. The van der Waals surface area contributed by atoms with Crippen molar-refractivity contribution < 1.29 is 37.0 Å². The second-order valence-corrected chi connectivity index (χ2v) is 10.3. The maximum absolute atomic E-state index is 13.3. The molecule has 1 amide bonds. The molecule has 1 fully saturated rings. The Morgan fingerprint density at radius 3 is 2.22 bits per heavy atom. The maximum atomic E-state index is 13.3. The van der Waals surface area contributed by atoms with Crippen LogP contribution in [0.15, 0.2) is 41.3 Å².